The van der Waals surface area contributed by atoms with E-state index < -0.39 is 5.91 Å². The molecule has 0 saturated carbocycles. The molecule has 2 N–H and O–H groups in total. The summed E-state index contributed by atoms with van der Waals surface area (Å²) in [4.78, 5) is 30.6. The highest BCUT2D eigenvalue weighted by Gasteiger charge is 2.22. The molecule has 1 atom stereocenters. The third kappa shape index (κ3) is 3.86. The van der Waals surface area contributed by atoms with Crippen LogP contribution < -0.4 is 16.4 Å². The lowest BCUT2D eigenvalue weighted by Crippen LogP contribution is -2.37. The molecule has 3 aromatic heterocycles. The van der Waals surface area contributed by atoms with Crippen LogP contribution in [0, 0.1) is 5.41 Å². The van der Waals surface area contributed by atoms with E-state index >= 15 is 0 Å². The maximum atomic E-state index is 13.1. The van der Waals surface area contributed by atoms with Crippen molar-refractivity contribution in [1.82, 2.24) is 19.3 Å². The molecule has 9 nitrogen and oxygen atoms in total. The Morgan fingerprint density at radius 3 is 3.07 bits per heavy atom. The molecular weight excluding hydrogens is 386 g/mol. The van der Waals surface area contributed by atoms with Gasteiger partial charge in [-0.25, -0.2) is 4.98 Å². The van der Waals surface area contributed by atoms with Gasteiger partial charge in [0.15, 0.2) is 0 Å². The standard InChI is InChI=1S/C21H25N5O4/c1-29-10-5-8-23-20(27)15-12-16-19(24-17-7-2-3-9-25(17)21(16)28)26(18(15)22)13-14-6-4-11-30-14/h2-3,7,9,12,14,22H,4-6,8,10-11,13H2,1H3,(H,23,27)/t14-/m0/s1. The summed E-state index contributed by atoms with van der Waals surface area (Å²) in [7, 11) is 1.60. The van der Waals surface area contributed by atoms with Crippen LogP contribution in [0.15, 0.2) is 35.3 Å². The van der Waals surface area contributed by atoms with E-state index in [1.807, 2.05) is 6.07 Å². The number of carbonyl (C=O) groups is 1. The second-order valence-electron chi connectivity index (χ2n) is 7.34. The van der Waals surface area contributed by atoms with Gasteiger partial charge in [0.1, 0.15) is 16.8 Å². The topological polar surface area (TPSA) is 111 Å². The van der Waals surface area contributed by atoms with E-state index in [-0.39, 0.29) is 22.7 Å². The van der Waals surface area contributed by atoms with Crippen molar-refractivity contribution in [2.45, 2.75) is 31.9 Å². The molecule has 0 aliphatic carbocycles. The minimum atomic E-state index is -0.392. The van der Waals surface area contributed by atoms with Gasteiger partial charge in [-0.2, -0.15) is 0 Å². The summed E-state index contributed by atoms with van der Waals surface area (Å²) in [6, 6.07) is 6.79. The summed E-state index contributed by atoms with van der Waals surface area (Å²) in [6.07, 6.45) is 4.06. The van der Waals surface area contributed by atoms with Crippen molar-refractivity contribution in [3.63, 3.8) is 0 Å². The quantitative estimate of drug-likeness (QED) is 0.446. The molecule has 0 radical (unpaired) electrons. The van der Waals surface area contributed by atoms with Crippen LogP contribution in [0.1, 0.15) is 29.6 Å². The lowest BCUT2D eigenvalue weighted by atomic mass is 10.1. The van der Waals surface area contributed by atoms with Crippen molar-refractivity contribution < 1.29 is 14.3 Å². The van der Waals surface area contributed by atoms with Crippen molar-refractivity contribution in [2.24, 2.45) is 0 Å². The highest BCUT2D eigenvalue weighted by Crippen LogP contribution is 2.16. The Bertz CT molecular complexity index is 1190. The van der Waals surface area contributed by atoms with E-state index in [0.29, 0.717) is 49.4 Å². The number of aromatic nitrogens is 3. The number of nitrogens with one attached hydrogen (secondary N) is 2. The average molecular weight is 411 g/mol. The van der Waals surface area contributed by atoms with E-state index in [9.17, 15) is 9.59 Å². The highest BCUT2D eigenvalue weighted by molar-refractivity contribution is 5.96. The highest BCUT2D eigenvalue weighted by atomic mass is 16.5. The number of fused-ring (bicyclic) bond motifs is 2. The Morgan fingerprint density at radius 2 is 2.30 bits per heavy atom. The number of hydrogen-bond donors (Lipinski definition) is 2. The van der Waals surface area contributed by atoms with Crippen LogP contribution in [-0.4, -0.2) is 52.8 Å². The molecule has 1 saturated heterocycles. The molecule has 0 bridgehead atoms. The number of nitrogens with zero attached hydrogens (tertiary/aromatic N) is 3. The van der Waals surface area contributed by atoms with Gasteiger partial charge in [0.05, 0.1) is 23.6 Å². The monoisotopic (exact) mass is 411 g/mol. The van der Waals surface area contributed by atoms with Gasteiger partial charge in [-0.1, -0.05) is 6.07 Å². The number of pyridine rings is 2. The summed E-state index contributed by atoms with van der Waals surface area (Å²) in [5, 5.41) is 11.8. The fourth-order valence-corrected chi connectivity index (χ4v) is 3.74. The summed E-state index contributed by atoms with van der Waals surface area (Å²) >= 11 is 0. The molecule has 9 heteroatoms. The maximum Gasteiger partial charge on any atom is 0.267 e. The minimum Gasteiger partial charge on any atom is -0.385 e. The Morgan fingerprint density at radius 1 is 1.43 bits per heavy atom. The van der Waals surface area contributed by atoms with Gasteiger partial charge in [0, 0.05) is 33.1 Å². The van der Waals surface area contributed by atoms with Crippen molar-refractivity contribution in [3.8, 4) is 0 Å². The Labute approximate surface area is 172 Å². The van der Waals surface area contributed by atoms with Gasteiger partial charge >= 0.3 is 0 Å². The number of carbonyl (C=O) groups excluding carboxylic acids is 1. The molecule has 30 heavy (non-hydrogen) atoms. The molecule has 1 amide bonds. The van der Waals surface area contributed by atoms with Gasteiger partial charge in [-0.15, -0.1) is 0 Å². The predicted octanol–water partition coefficient (Wildman–Crippen LogP) is 1.07. The number of methoxy groups -OCH3 is 1. The van der Waals surface area contributed by atoms with Crippen LogP contribution in [0.4, 0.5) is 0 Å². The zero-order valence-electron chi connectivity index (χ0n) is 16.9. The first-order valence-electron chi connectivity index (χ1n) is 10.1. The number of hydrogen-bond acceptors (Lipinski definition) is 6. The molecule has 1 aliphatic rings. The first kappa shape index (κ1) is 20.2. The predicted molar refractivity (Wildman–Crippen MR) is 111 cm³/mol. The van der Waals surface area contributed by atoms with Gasteiger partial charge in [0.25, 0.3) is 11.5 Å². The Hall–Kier alpha value is -3.04. The fraction of sp³-hybridized carbons (Fsp3) is 0.429. The van der Waals surface area contributed by atoms with E-state index in [0.717, 1.165) is 12.8 Å². The molecule has 4 rings (SSSR count). The van der Waals surface area contributed by atoms with Gasteiger partial charge in [0.2, 0.25) is 0 Å². The van der Waals surface area contributed by atoms with Gasteiger partial charge in [-0.3, -0.25) is 19.4 Å². The molecule has 0 spiro atoms. The zero-order valence-corrected chi connectivity index (χ0v) is 16.9. The lowest BCUT2D eigenvalue weighted by Gasteiger charge is -2.17. The number of amides is 1. The van der Waals surface area contributed by atoms with Crippen LogP contribution in [0.2, 0.25) is 0 Å². The smallest absolute Gasteiger partial charge is 0.267 e. The van der Waals surface area contributed by atoms with Crippen molar-refractivity contribution in [2.75, 3.05) is 26.9 Å². The van der Waals surface area contributed by atoms with E-state index in [2.05, 4.69) is 10.3 Å². The molecule has 3 aromatic rings. The second kappa shape index (κ2) is 8.76. The number of rotatable bonds is 7. The van der Waals surface area contributed by atoms with Crippen molar-refractivity contribution in [3.05, 3.63) is 51.9 Å². The van der Waals surface area contributed by atoms with Gasteiger partial charge in [-0.05, 0) is 37.5 Å². The molecule has 0 aromatic carbocycles. The molecule has 4 heterocycles. The number of ether oxygens (including phenoxy) is 2. The maximum absolute atomic E-state index is 13.1. The molecule has 1 fully saturated rings. The third-order valence-corrected chi connectivity index (χ3v) is 5.28. The SMILES string of the molecule is COCCCNC(=O)c1cc2c(=O)n3ccccc3nc2n(C[C@@H]2CCCO2)c1=N. The molecular formula is C21H25N5O4. The van der Waals surface area contributed by atoms with Crippen LogP contribution in [0.5, 0.6) is 0 Å². The minimum absolute atomic E-state index is 0.0226. The van der Waals surface area contributed by atoms with E-state index in [1.165, 1.54) is 10.5 Å². The van der Waals surface area contributed by atoms with Crippen molar-refractivity contribution >= 4 is 22.6 Å². The molecule has 0 unspecified atom stereocenters. The van der Waals surface area contributed by atoms with Gasteiger partial charge < -0.3 is 19.4 Å². The first-order chi connectivity index (χ1) is 14.6. The molecule has 158 valence electrons. The van der Waals surface area contributed by atoms with E-state index in [4.69, 9.17) is 14.9 Å². The summed E-state index contributed by atoms with van der Waals surface area (Å²) in [5.41, 5.74) is 0.780. The Kier molecular flexibility index (Phi) is 5.91. The first-order valence-corrected chi connectivity index (χ1v) is 10.1. The third-order valence-electron chi connectivity index (χ3n) is 5.28. The largest absolute Gasteiger partial charge is 0.385 e. The van der Waals surface area contributed by atoms with Crippen LogP contribution in [0.3, 0.4) is 0 Å². The van der Waals surface area contributed by atoms with Crippen LogP contribution >= 0.6 is 0 Å². The zero-order chi connectivity index (χ0) is 21.1. The van der Waals surface area contributed by atoms with E-state index in [1.54, 1.807) is 30.0 Å². The lowest BCUT2D eigenvalue weighted by molar-refractivity contribution is 0.0929. The van der Waals surface area contributed by atoms with Crippen molar-refractivity contribution in [1.29, 1.82) is 5.41 Å². The summed E-state index contributed by atoms with van der Waals surface area (Å²) in [6.45, 7) is 2.00. The summed E-state index contributed by atoms with van der Waals surface area (Å²) < 4.78 is 13.8. The Balaban J connectivity index is 1.85. The second-order valence-corrected chi connectivity index (χ2v) is 7.34. The fourth-order valence-electron chi connectivity index (χ4n) is 3.74. The molecule has 1 aliphatic heterocycles. The van der Waals surface area contributed by atoms with Crippen LogP contribution in [0.25, 0.3) is 16.7 Å². The normalized spacial score (nSPS) is 16.4. The summed E-state index contributed by atoms with van der Waals surface area (Å²) in [5.74, 6) is -0.392. The van der Waals surface area contributed by atoms with Crippen LogP contribution in [-0.2, 0) is 16.0 Å². The average Bonchev–Trinajstić information content (AvgIpc) is 3.27.